The average molecular weight is 300 g/mol. The molecule has 100 valence electrons. The number of nitrogens with zero attached hydrogens (tertiary/aromatic N) is 1. The number of aryl methyl sites for hydroxylation is 1. The van der Waals surface area contributed by atoms with Crippen molar-refractivity contribution in [2.45, 2.75) is 6.92 Å². The highest BCUT2D eigenvalue weighted by Crippen LogP contribution is 2.29. The molecular weight excluding hydrogens is 289 g/mol. The summed E-state index contributed by atoms with van der Waals surface area (Å²) in [7, 11) is 0. The van der Waals surface area contributed by atoms with Gasteiger partial charge in [-0.25, -0.2) is 0 Å². The molecule has 0 aliphatic rings. The minimum atomic E-state index is -0.282. The Kier molecular flexibility index (Phi) is 4.29. The minimum absolute atomic E-state index is 0.0352. The predicted molar refractivity (Wildman–Crippen MR) is 74.8 cm³/mol. The fourth-order valence-electron chi connectivity index (χ4n) is 1.42. The fourth-order valence-corrected chi connectivity index (χ4v) is 1.91. The van der Waals surface area contributed by atoms with Crippen molar-refractivity contribution < 1.29 is 9.32 Å². The number of carbonyl (C=O) groups excluding carboxylic acids is 1. The highest BCUT2D eigenvalue weighted by atomic mass is 35.5. The van der Waals surface area contributed by atoms with Crippen molar-refractivity contribution in [3.8, 4) is 0 Å². The molecule has 1 amide bonds. The van der Waals surface area contributed by atoms with Crippen LogP contribution in [-0.4, -0.2) is 17.6 Å². The lowest BCUT2D eigenvalue weighted by Crippen LogP contribution is -2.22. The summed E-state index contributed by atoms with van der Waals surface area (Å²) in [4.78, 5) is 11.7. The molecule has 0 saturated heterocycles. The van der Waals surface area contributed by atoms with Crippen LogP contribution in [0.2, 0.25) is 10.0 Å². The molecule has 1 aromatic carbocycles. The Labute approximate surface area is 119 Å². The van der Waals surface area contributed by atoms with E-state index in [1.54, 1.807) is 31.2 Å². The Balaban J connectivity index is 1.94. The molecule has 2 N–H and O–H groups in total. The first-order chi connectivity index (χ1) is 9.06. The molecule has 0 aliphatic heterocycles. The van der Waals surface area contributed by atoms with Crippen molar-refractivity contribution in [1.82, 2.24) is 5.16 Å². The lowest BCUT2D eigenvalue weighted by molar-refractivity contribution is -0.114. The zero-order valence-electron chi connectivity index (χ0n) is 10.0. The Hall–Kier alpha value is -1.72. The van der Waals surface area contributed by atoms with Crippen LogP contribution in [0.1, 0.15) is 5.76 Å². The van der Waals surface area contributed by atoms with E-state index in [-0.39, 0.29) is 12.5 Å². The molecule has 0 saturated carbocycles. The largest absolute Gasteiger partial charge is 0.360 e. The molecule has 1 heterocycles. The summed E-state index contributed by atoms with van der Waals surface area (Å²) in [5, 5.41) is 9.94. The molecule has 2 rings (SSSR count). The van der Waals surface area contributed by atoms with Gasteiger partial charge in [-0.3, -0.25) is 4.79 Å². The van der Waals surface area contributed by atoms with Gasteiger partial charge in [-0.2, -0.15) is 0 Å². The van der Waals surface area contributed by atoms with Gasteiger partial charge in [0.2, 0.25) is 5.91 Å². The maximum Gasteiger partial charge on any atom is 0.243 e. The maximum atomic E-state index is 11.7. The van der Waals surface area contributed by atoms with E-state index in [1.807, 2.05) is 0 Å². The van der Waals surface area contributed by atoms with Crippen LogP contribution in [-0.2, 0) is 4.79 Å². The number of para-hydroxylation sites is 1. The average Bonchev–Trinajstić information content (AvgIpc) is 2.77. The van der Waals surface area contributed by atoms with E-state index in [2.05, 4.69) is 15.8 Å². The van der Waals surface area contributed by atoms with E-state index in [9.17, 15) is 4.79 Å². The summed E-state index contributed by atoms with van der Waals surface area (Å²) >= 11 is 11.9. The number of hydrogen-bond acceptors (Lipinski definition) is 4. The van der Waals surface area contributed by atoms with Crippen LogP contribution in [0.4, 0.5) is 11.5 Å². The molecule has 0 radical (unpaired) electrons. The Morgan fingerprint density at radius 3 is 2.63 bits per heavy atom. The van der Waals surface area contributed by atoms with Crippen molar-refractivity contribution >= 4 is 40.6 Å². The third-order valence-electron chi connectivity index (χ3n) is 2.29. The van der Waals surface area contributed by atoms with Gasteiger partial charge in [0, 0.05) is 6.07 Å². The van der Waals surface area contributed by atoms with Crippen molar-refractivity contribution in [2.24, 2.45) is 0 Å². The summed E-state index contributed by atoms with van der Waals surface area (Å²) in [6.45, 7) is 1.80. The van der Waals surface area contributed by atoms with E-state index in [1.165, 1.54) is 0 Å². The van der Waals surface area contributed by atoms with Crippen molar-refractivity contribution in [2.75, 3.05) is 17.2 Å². The predicted octanol–water partition coefficient (Wildman–Crippen LogP) is 3.34. The second-order valence-corrected chi connectivity index (χ2v) is 4.64. The lowest BCUT2D eigenvalue weighted by atomic mass is 10.3. The van der Waals surface area contributed by atoms with Gasteiger partial charge in [-0.15, -0.1) is 0 Å². The monoisotopic (exact) mass is 299 g/mol. The Bertz CT molecular complexity index is 578. The maximum absolute atomic E-state index is 11.7. The number of rotatable bonds is 4. The number of aromatic nitrogens is 1. The van der Waals surface area contributed by atoms with E-state index in [0.717, 1.165) is 0 Å². The lowest BCUT2D eigenvalue weighted by Gasteiger charge is -2.09. The molecule has 0 unspecified atom stereocenters. The number of anilines is 2. The molecular formula is C12H11Cl2N3O2. The van der Waals surface area contributed by atoms with E-state index in [0.29, 0.717) is 27.3 Å². The molecule has 0 fully saturated rings. The highest BCUT2D eigenvalue weighted by molar-refractivity contribution is 6.39. The molecule has 5 nitrogen and oxygen atoms in total. The van der Waals surface area contributed by atoms with Crippen molar-refractivity contribution in [3.63, 3.8) is 0 Å². The summed E-state index contributed by atoms with van der Waals surface area (Å²) in [6.07, 6.45) is 0. The molecule has 0 spiro atoms. The van der Waals surface area contributed by atoms with Gasteiger partial charge >= 0.3 is 0 Å². The SMILES string of the molecule is Cc1cc(NCC(=O)Nc2c(Cl)cccc2Cl)no1. The molecule has 7 heteroatoms. The number of carbonyl (C=O) groups is 1. The van der Waals surface area contributed by atoms with Gasteiger partial charge in [0.05, 0.1) is 22.3 Å². The summed E-state index contributed by atoms with van der Waals surface area (Å²) in [6, 6.07) is 6.70. The third kappa shape index (κ3) is 3.62. The molecule has 2 aromatic rings. The normalized spacial score (nSPS) is 10.3. The van der Waals surface area contributed by atoms with Crippen LogP contribution < -0.4 is 10.6 Å². The molecule has 0 aliphatic carbocycles. The smallest absolute Gasteiger partial charge is 0.243 e. The Morgan fingerprint density at radius 2 is 2.05 bits per heavy atom. The second kappa shape index (κ2) is 5.95. The van der Waals surface area contributed by atoms with Gasteiger partial charge in [0.1, 0.15) is 5.76 Å². The van der Waals surface area contributed by atoms with E-state index < -0.39 is 0 Å². The summed E-state index contributed by atoms with van der Waals surface area (Å²) in [5.41, 5.74) is 0.397. The van der Waals surface area contributed by atoms with Crippen LogP contribution in [0.15, 0.2) is 28.8 Å². The fraction of sp³-hybridized carbons (Fsp3) is 0.167. The second-order valence-electron chi connectivity index (χ2n) is 3.82. The van der Waals surface area contributed by atoms with Gasteiger partial charge in [0.25, 0.3) is 0 Å². The van der Waals surface area contributed by atoms with E-state index in [4.69, 9.17) is 27.7 Å². The number of amides is 1. The van der Waals surface area contributed by atoms with Gasteiger partial charge in [0.15, 0.2) is 5.82 Å². The first-order valence-corrected chi connectivity index (χ1v) is 6.23. The van der Waals surface area contributed by atoms with Crippen molar-refractivity contribution in [1.29, 1.82) is 0 Å². The van der Waals surface area contributed by atoms with Crippen LogP contribution in [0.3, 0.4) is 0 Å². The zero-order valence-corrected chi connectivity index (χ0v) is 11.5. The zero-order chi connectivity index (χ0) is 13.8. The topological polar surface area (TPSA) is 67.2 Å². The summed E-state index contributed by atoms with van der Waals surface area (Å²) < 4.78 is 4.87. The standard InChI is InChI=1S/C12H11Cl2N3O2/c1-7-5-10(17-19-7)15-6-11(18)16-12-8(13)3-2-4-9(12)14/h2-5H,6H2,1H3,(H,15,17)(H,16,18). The van der Waals surface area contributed by atoms with Gasteiger partial charge in [-0.1, -0.05) is 34.4 Å². The van der Waals surface area contributed by atoms with Crippen molar-refractivity contribution in [3.05, 3.63) is 40.1 Å². The number of hydrogen-bond donors (Lipinski definition) is 2. The van der Waals surface area contributed by atoms with Crippen LogP contribution >= 0.6 is 23.2 Å². The Morgan fingerprint density at radius 1 is 1.37 bits per heavy atom. The molecule has 1 aromatic heterocycles. The third-order valence-corrected chi connectivity index (χ3v) is 2.92. The van der Waals surface area contributed by atoms with Gasteiger partial charge in [-0.05, 0) is 19.1 Å². The van der Waals surface area contributed by atoms with E-state index >= 15 is 0 Å². The first kappa shape index (κ1) is 13.7. The van der Waals surface area contributed by atoms with Crippen LogP contribution in [0.5, 0.6) is 0 Å². The summed E-state index contributed by atoms with van der Waals surface area (Å²) in [5.74, 6) is 0.880. The number of nitrogens with one attached hydrogen (secondary N) is 2. The van der Waals surface area contributed by atoms with Crippen LogP contribution in [0, 0.1) is 6.92 Å². The molecule has 0 atom stereocenters. The first-order valence-electron chi connectivity index (χ1n) is 5.47. The minimum Gasteiger partial charge on any atom is -0.360 e. The molecule has 0 bridgehead atoms. The van der Waals surface area contributed by atoms with Crippen LogP contribution in [0.25, 0.3) is 0 Å². The number of halogens is 2. The van der Waals surface area contributed by atoms with Gasteiger partial charge < -0.3 is 15.2 Å². The number of benzene rings is 1. The quantitative estimate of drug-likeness (QED) is 0.908. The highest BCUT2D eigenvalue weighted by Gasteiger charge is 2.10. The molecule has 19 heavy (non-hydrogen) atoms.